The molecule has 1 heterocycles. The quantitative estimate of drug-likeness (QED) is 0.587. The molecule has 8 nitrogen and oxygen atoms in total. The van der Waals surface area contributed by atoms with Gasteiger partial charge in [0.25, 0.3) is 0 Å². The van der Waals surface area contributed by atoms with Crippen molar-refractivity contribution in [3.63, 3.8) is 0 Å². The second kappa shape index (κ2) is 6.99. The van der Waals surface area contributed by atoms with Crippen LogP contribution >= 0.6 is 0 Å². The SMILES string of the molecule is CC1=CC23C(=O)[C@@H](C=C(CO)[C@@H](O)[C@]2(O)[C@H]1Oc1noc(C(C)C)n1)[C@H]1[C@@H](C[C@H]3C)C1(C)C. The molecule has 8 heteroatoms. The van der Waals surface area contributed by atoms with Crippen LogP contribution in [0.25, 0.3) is 0 Å². The molecule has 1 spiro atoms. The lowest BCUT2D eigenvalue weighted by Gasteiger charge is -2.48. The topological polar surface area (TPSA) is 126 Å². The number of nitrogens with zero attached hydrogens (tertiary/aromatic N) is 2. The third kappa shape index (κ3) is 2.71. The fourth-order valence-electron chi connectivity index (χ4n) is 7.20. The maximum Gasteiger partial charge on any atom is 0.354 e. The minimum Gasteiger partial charge on any atom is -0.450 e. The lowest BCUT2D eigenvalue weighted by molar-refractivity contribution is -0.186. The zero-order chi connectivity index (χ0) is 24.1. The number of carbonyl (C=O) groups excluding carboxylic acids is 1. The van der Waals surface area contributed by atoms with Gasteiger partial charge in [-0.05, 0) is 52.8 Å². The molecule has 0 amide bonds. The number of fused-ring (bicyclic) bond motifs is 3. The van der Waals surface area contributed by atoms with Gasteiger partial charge in [0, 0.05) is 11.8 Å². The minimum atomic E-state index is -2.02. The highest BCUT2D eigenvalue weighted by atomic mass is 16.6. The summed E-state index contributed by atoms with van der Waals surface area (Å²) in [6.07, 6.45) is 1.70. The lowest BCUT2D eigenvalue weighted by Crippen LogP contribution is -2.66. The first-order chi connectivity index (χ1) is 15.4. The Morgan fingerprint density at radius 2 is 2.03 bits per heavy atom. The van der Waals surface area contributed by atoms with Crippen molar-refractivity contribution in [2.75, 3.05) is 6.61 Å². The smallest absolute Gasteiger partial charge is 0.354 e. The monoisotopic (exact) mass is 458 g/mol. The van der Waals surface area contributed by atoms with E-state index in [-0.39, 0.29) is 40.5 Å². The van der Waals surface area contributed by atoms with Crippen molar-refractivity contribution in [3.05, 3.63) is 29.2 Å². The molecule has 4 aliphatic carbocycles. The first-order valence-electron chi connectivity index (χ1n) is 11.9. The second-order valence-corrected chi connectivity index (χ2v) is 11.4. The number of Topliss-reactive ketones (excluding diaryl/α,β-unsaturated/α-hetero) is 1. The number of hydrogen-bond donors (Lipinski definition) is 3. The highest BCUT2D eigenvalue weighted by Crippen LogP contribution is 2.71. The van der Waals surface area contributed by atoms with Gasteiger partial charge in [-0.2, -0.15) is 4.98 Å². The molecule has 4 aliphatic rings. The zero-order valence-corrected chi connectivity index (χ0v) is 20.1. The van der Waals surface area contributed by atoms with Crippen molar-refractivity contribution >= 4 is 5.78 Å². The number of rotatable bonds is 4. The van der Waals surface area contributed by atoms with Gasteiger partial charge in [-0.25, -0.2) is 0 Å². The van der Waals surface area contributed by atoms with Crippen molar-refractivity contribution in [1.29, 1.82) is 0 Å². The number of allylic oxidation sites excluding steroid dienone is 1. The largest absolute Gasteiger partial charge is 0.450 e. The van der Waals surface area contributed by atoms with Crippen molar-refractivity contribution < 1.29 is 29.4 Å². The summed E-state index contributed by atoms with van der Waals surface area (Å²) in [5.41, 5.74) is -2.50. The lowest BCUT2D eigenvalue weighted by atomic mass is 9.59. The Morgan fingerprint density at radius 1 is 1.33 bits per heavy atom. The molecular formula is C25H34N2O6. The van der Waals surface area contributed by atoms with Crippen LogP contribution in [0.2, 0.25) is 0 Å². The Labute approximate surface area is 193 Å². The van der Waals surface area contributed by atoms with E-state index in [9.17, 15) is 20.1 Å². The maximum absolute atomic E-state index is 14.3. The first-order valence-corrected chi connectivity index (χ1v) is 11.9. The van der Waals surface area contributed by atoms with Crippen molar-refractivity contribution in [3.8, 4) is 6.01 Å². The van der Waals surface area contributed by atoms with E-state index in [4.69, 9.17) is 9.26 Å². The van der Waals surface area contributed by atoms with Crippen LogP contribution in [0.4, 0.5) is 0 Å². The van der Waals surface area contributed by atoms with E-state index in [1.807, 2.05) is 20.8 Å². The maximum atomic E-state index is 14.3. The number of carbonyl (C=O) groups is 1. The molecule has 3 N–H and O–H groups in total. The number of hydrogen-bond acceptors (Lipinski definition) is 8. The van der Waals surface area contributed by atoms with Gasteiger partial charge in [-0.1, -0.05) is 46.8 Å². The van der Waals surface area contributed by atoms with Crippen LogP contribution in [0.1, 0.15) is 59.8 Å². The molecule has 5 rings (SSSR count). The van der Waals surface area contributed by atoms with Crippen molar-refractivity contribution in [2.45, 2.75) is 71.7 Å². The molecule has 2 saturated carbocycles. The average molecular weight is 459 g/mol. The summed E-state index contributed by atoms with van der Waals surface area (Å²) in [4.78, 5) is 18.6. The predicted octanol–water partition coefficient (Wildman–Crippen LogP) is 2.41. The van der Waals surface area contributed by atoms with Crippen LogP contribution in [0.15, 0.2) is 27.8 Å². The Morgan fingerprint density at radius 3 is 2.64 bits per heavy atom. The zero-order valence-electron chi connectivity index (χ0n) is 20.1. The van der Waals surface area contributed by atoms with Gasteiger partial charge in [-0.15, -0.1) is 0 Å². The van der Waals surface area contributed by atoms with E-state index < -0.39 is 35.7 Å². The Kier molecular flexibility index (Phi) is 4.82. The number of ketones is 1. The van der Waals surface area contributed by atoms with Crippen molar-refractivity contribution in [1.82, 2.24) is 10.1 Å². The third-order valence-corrected chi connectivity index (χ3v) is 9.04. The number of ether oxygens (including phenoxy) is 1. The third-order valence-electron chi connectivity index (χ3n) is 9.04. The van der Waals surface area contributed by atoms with Crippen LogP contribution in [0.3, 0.4) is 0 Å². The Hall–Kier alpha value is -2.03. The van der Waals surface area contributed by atoms with E-state index in [1.165, 1.54) is 0 Å². The molecular weight excluding hydrogens is 424 g/mol. The summed E-state index contributed by atoms with van der Waals surface area (Å²) >= 11 is 0. The van der Waals surface area contributed by atoms with Gasteiger partial charge < -0.3 is 24.6 Å². The van der Waals surface area contributed by atoms with Gasteiger partial charge in [0.1, 0.15) is 6.10 Å². The summed E-state index contributed by atoms with van der Waals surface area (Å²) < 4.78 is 11.3. The highest BCUT2D eigenvalue weighted by molar-refractivity contribution is 5.95. The summed E-state index contributed by atoms with van der Waals surface area (Å²) in [5.74, 6) is -0.00391. The van der Waals surface area contributed by atoms with Crippen LogP contribution < -0.4 is 4.74 Å². The number of aromatic nitrogens is 2. The van der Waals surface area contributed by atoms with E-state index in [0.29, 0.717) is 17.4 Å². The summed E-state index contributed by atoms with van der Waals surface area (Å²) in [6.45, 7) is 11.5. The molecule has 33 heavy (non-hydrogen) atoms. The molecule has 8 atom stereocenters. The standard InChI is InChI=1S/C25H34N2O6/c1-11(2)21-26-22(27-33-21)32-20-12(3)9-24-13(4)7-16-17(23(16,5)6)15(19(24)30)8-14(10-28)18(29)25(20,24)31/h8-9,11,13,15-18,20,28-29,31H,7,10H2,1-6H3/t13-,15+,16-,17+,18-,20+,24?,25+/m1/s1. The van der Waals surface area contributed by atoms with E-state index in [1.54, 1.807) is 19.1 Å². The molecule has 0 aromatic carbocycles. The summed E-state index contributed by atoms with van der Waals surface area (Å²) in [5, 5.41) is 37.9. The molecule has 1 aromatic rings. The molecule has 180 valence electrons. The molecule has 1 unspecified atom stereocenters. The molecule has 1 aromatic heterocycles. The van der Waals surface area contributed by atoms with Crippen LogP contribution in [0.5, 0.6) is 6.01 Å². The van der Waals surface area contributed by atoms with E-state index >= 15 is 0 Å². The normalized spacial score (nSPS) is 43.3. The number of aliphatic hydroxyl groups excluding tert-OH is 2. The van der Waals surface area contributed by atoms with Gasteiger partial charge in [0.15, 0.2) is 17.5 Å². The van der Waals surface area contributed by atoms with Crippen LogP contribution in [0, 0.1) is 34.5 Å². The van der Waals surface area contributed by atoms with Crippen LogP contribution in [-0.2, 0) is 4.79 Å². The van der Waals surface area contributed by atoms with Gasteiger partial charge >= 0.3 is 6.01 Å². The first kappa shape index (κ1) is 22.7. The average Bonchev–Trinajstić information content (AvgIpc) is 3.07. The minimum absolute atomic E-state index is 0.00353. The molecule has 0 saturated heterocycles. The summed E-state index contributed by atoms with van der Waals surface area (Å²) in [6, 6.07) is -0.0536. The second-order valence-electron chi connectivity index (χ2n) is 11.4. The van der Waals surface area contributed by atoms with Crippen molar-refractivity contribution in [2.24, 2.45) is 34.5 Å². The molecule has 2 fully saturated rings. The Bertz CT molecular complexity index is 1060. The fourth-order valence-corrected chi connectivity index (χ4v) is 7.20. The Balaban J connectivity index is 1.65. The van der Waals surface area contributed by atoms with E-state index in [2.05, 4.69) is 24.0 Å². The molecule has 2 bridgehead atoms. The predicted molar refractivity (Wildman–Crippen MR) is 118 cm³/mol. The molecule has 0 aliphatic heterocycles. The fraction of sp³-hybridized carbons (Fsp3) is 0.720. The molecule has 0 radical (unpaired) electrons. The van der Waals surface area contributed by atoms with Gasteiger partial charge in [-0.3, -0.25) is 4.79 Å². The number of aliphatic hydroxyl groups is 3. The summed E-state index contributed by atoms with van der Waals surface area (Å²) in [7, 11) is 0. The van der Waals surface area contributed by atoms with E-state index in [0.717, 1.165) is 6.42 Å². The van der Waals surface area contributed by atoms with Gasteiger partial charge in [0.05, 0.1) is 12.0 Å². The van der Waals surface area contributed by atoms with Crippen LogP contribution in [-0.4, -0.2) is 55.7 Å². The van der Waals surface area contributed by atoms with Gasteiger partial charge in [0.2, 0.25) is 5.89 Å². The highest BCUT2D eigenvalue weighted by Gasteiger charge is 2.76.